The van der Waals surface area contributed by atoms with Gasteiger partial charge in [0.15, 0.2) is 5.78 Å². The fourth-order valence-electron chi connectivity index (χ4n) is 2.95. The first-order chi connectivity index (χ1) is 10.2. The van der Waals surface area contributed by atoms with E-state index in [-0.39, 0.29) is 12.2 Å². The molecule has 0 aliphatic heterocycles. The Balaban J connectivity index is 1.89. The number of carbonyl (C=O) groups excluding carboxylic acids is 1. The van der Waals surface area contributed by atoms with Crippen molar-refractivity contribution in [3.8, 4) is 11.1 Å². The van der Waals surface area contributed by atoms with Gasteiger partial charge in [0.1, 0.15) is 0 Å². The molecule has 0 saturated heterocycles. The molecule has 0 unspecified atom stereocenters. The lowest BCUT2D eigenvalue weighted by atomic mass is 9.95. The number of aryl methyl sites for hydroxylation is 1. The summed E-state index contributed by atoms with van der Waals surface area (Å²) in [6.45, 7) is 0. The summed E-state index contributed by atoms with van der Waals surface area (Å²) in [7, 11) is 0. The van der Waals surface area contributed by atoms with Crippen molar-refractivity contribution >= 4 is 11.8 Å². The number of aliphatic carboxylic acids is 1. The number of carboxylic acid groups (broad SMARTS) is 1. The van der Waals surface area contributed by atoms with Crippen LogP contribution in [0.2, 0.25) is 0 Å². The Bertz CT molecular complexity index is 716. The van der Waals surface area contributed by atoms with Crippen LogP contribution < -0.4 is 0 Å². The van der Waals surface area contributed by atoms with Gasteiger partial charge in [0.05, 0.1) is 0 Å². The zero-order chi connectivity index (χ0) is 14.8. The molecule has 0 radical (unpaired) electrons. The summed E-state index contributed by atoms with van der Waals surface area (Å²) in [5, 5.41) is 8.69. The van der Waals surface area contributed by atoms with E-state index in [4.69, 9.17) is 5.11 Å². The van der Waals surface area contributed by atoms with Gasteiger partial charge in [-0.1, -0.05) is 42.5 Å². The van der Waals surface area contributed by atoms with Gasteiger partial charge in [-0.05, 0) is 36.0 Å². The lowest BCUT2D eigenvalue weighted by Gasteiger charge is -2.08. The summed E-state index contributed by atoms with van der Waals surface area (Å²) < 4.78 is 0. The number of unbranched alkanes of at least 4 members (excludes halogenated alkanes) is 1. The van der Waals surface area contributed by atoms with Gasteiger partial charge in [-0.2, -0.15) is 0 Å². The summed E-state index contributed by atoms with van der Waals surface area (Å²) in [6, 6.07) is 13.5. The predicted molar refractivity (Wildman–Crippen MR) is 80.5 cm³/mol. The summed E-state index contributed by atoms with van der Waals surface area (Å²) in [4.78, 5) is 22.9. The quantitative estimate of drug-likeness (QED) is 0.725. The number of hydrogen-bond donors (Lipinski definition) is 1. The zero-order valence-electron chi connectivity index (χ0n) is 11.6. The van der Waals surface area contributed by atoms with E-state index in [2.05, 4.69) is 0 Å². The van der Waals surface area contributed by atoms with Crippen molar-refractivity contribution < 1.29 is 14.7 Å². The molecule has 2 aromatic rings. The standard InChI is InChI=1S/C18H16O3/c19-16(20)11-4-1-6-12-7-5-10-15-17(12)13-8-2-3-9-14(13)18(15)21/h2-3,5,7-10H,1,4,6,11H2,(H,19,20). The number of benzene rings is 2. The van der Waals surface area contributed by atoms with Gasteiger partial charge in [-0.15, -0.1) is 0 Å². The second kappa shape index (κ2) is 5.52. The average Bonchev–Trinajstić information content (AvgIpc) is 2.78. The highest BCUT2D eigenvalue weighted by Gasteiger charge is 2.27. The Labute approximate surface area is 123 Å². The van der Waals surface area contributed by atoms with Crippen LogP contribution in [-0.4, -0.2) is 16.9 Å². The number of carbonyl (C=O) groups is 2. The Morgan fingerprint density at radius 2 is 1.62 bits per heavy atom. The number of carboxylic acids is 1. The molecule has 0 amide bonds. The van der Waals surface area contributed by atoms with E-state index in [0.717, 1.165) is 40.7 Å². The highest BCUT2D eigenvalue weighted by Crippen LogP contribution is 2.39. The number of rotatable bonds is 5. The van der Waals surface area contributed by atoms with Gasteiger partial charge in [0.25, 0.3) is 0 Å². The van der Waals surface area contributed by atoms with E-state index in [1.807, 2.05) is 42.5 Å². The van der Waals surface area contributed by atoms with Crippen LogP contribution in [0.25, 0.3) is 11.1 Å². The topological polar surface area (TPSA) is 54.4 Å². The Hall–Kier alpha value is -2.42. The molecule has 3 rings (SSSR count). The maximum Gasteiger partial charge on any atom is 0.303 e. The second-order valence-corrected chi connectivity index (χ2v) is 5.32. The first-order valence-electron chi connectivity index (χ1n) is 7.16. The molecule has 0 bridgehead atoms. The molecule has 21 heavy (non-hydrogen) atoms. The van der Waals surface area contributed by atoms with Gasteiger partial charge >= 0.3 is 5.97 Å². The average molecular weight is 280 g/mol. The second-order valence-electron chi connectivity index (χ2n) is 5.32. The van der Waals surface area contributed by atoms with E-state index in [1.165, 1.54) is 0 Å². The van der Waals surface area contributed by atoms with Crippen molar-refractivity contribution in [3.63, 3.8) is 0 Å². The van der Waals surface area contributed by atoms with Crippen LogP contribution in [-0.2, 0) is 11.2 Å². The van der Waals surface area contributed by atoms with Gasteiger partial charge in [-0.25, -0.2) is 0 Å². The first kappa shape index (κ1) is 13.6. The van der Waals surface area contributed by atoms with Crippen LogP contribution >= 0.6 is 0 Å². The summed E-state index contributed by atoms with van der Waals surface area (Å²) in [5.74, 6) is -0.665. The molecule has 3 nitrogen and oxygen atoms in total. The van der Waals surface area contributed by atoms with Crippen LogP contribution in [0.4, 0.5) is 0 Å². The van der Waals surface area contributed by atoms with Crippen molar-refractivity contribution in [2.75, 3.05) is 0 Å². The fourth-order valence-corrected chi connectivity index (χ4v) is 2.95. The SMILES string of the molecule is O=C(O)CCCCc1cccc2c1-c1ccccc1C2=O. The van der Waals surface area contributed by atoms with Crippen molar-refractivity contribution in [1.29, 1.82) is 0 Å². The fraction of sp³-hybridized carbons (Fsp3) is 0.222. The summed E-state index contributed by atoms with van der Waals surface area (Å²) in [5.41, 5.74) is 4.72. The molecule has 0 saturated carbocycles. The van der Waals surface area contributed by atoms with Crippen LogP contribution in [0.15, 0.2) is 42.5 Å². The lowest BCUT2D eigenvalue weighted by molar-refractivity contribution is -0.137. The first-order valence-corrected chi connectivity index (χ1v) is 7.16. The van der Waals surface area contributed by atoms with Crippen LogP contribution in [0.5, 0.6) is 0 Å². The van der Waals surface area contributed by atoms with Crippen molar-refractivity contribution in [2.24, 2.45) is 0 Å². The molecule has 3 heteroatoms. The van der Waals surface area contributed by atoms with Gasteiger partial charge in [0.2, 0.25) is 0 Å². The Morgan fingerprint density at radius 3 is 2.38 bits per heavy atom. The van der Waals surface area contributed by atoms with E-state index in [9.17, 15) is 9.59 Å². The molecule has 2 aromatic carbocycles. The number of hydrogen-bond acceptors (Lipinski definition) is 2. The molecule has 0 heterocycles. The lowest BCUT2D eigenvalue weighted by Crippen LogP contribution is -1.97. The third-order valence-electron chi connectivity index (χ3n) is 3.92. The van der Waals surface area contributed by atoms with Crippen molar-refractivity contribution in [3.05, 3.63) is 59.2 Å². The molecule has 0 aromatic heterocycles. The highest BCUT2D eigenvalue weighted by atomic mass is 16.4. The minimum atomic E-state index is -0.756. The third kappa shape index (κ3) is 2.47. The minimum absolute atomic E-state index is 0.0907. The maximum absolute atomic E-state index is 12.4. The van der Waals surface area contributed by atoms with Crippen molar-refractivity contribution in [2.45, 2.75) is 25.7 Å². The van der Waals surface area contributed by atoms with Gasteiger partial charge in [-0.3, -0.25) is 9.59 Å². The molecule has 0 fully saturated rings. The molecular formula is C18H16O3. The monoisotopic (exact) mass is 280 g/mol. The molecule has 0 spiro atoms. The molecular weight excluding hydrogens is 264 g/mol. The van der Waals surface area contributed by atoms with E-state index >= 15 is 0 Å². The van der Waals surface area contributed by atoms with Crippen LogP contribution in [0.1, 0.15) is 40.7 Å². The number of ketones is 1. The molecule has 0 atom stereocenters. The molecule has 1 aliphatic rings. The van der Waals surface area contributed by atoms with E-state index in [0.29, 0.717) is 6.42 Å². The summed E-state index contributed by atoms with van der Waals surface area (Å²) in [6.07, 6.45) is 2.48. The van der Waals surface area contributed by atoms with Crippen LogP contribution in [0.3, 0.4) is 0 Å². The third-order valence-corrected chi connectivity index (χ3v) is 3.92. The van der Waals surface area contributed by atoms with Crippen LogP contribution in [0, 0.1) is 0 Å². The largest absolute Gasteiger partial charge is 0.481 e. The molecule has 106 valence electrons. The predicted octanol–water partition coefficient (Wildman–Crippen LogP) is 3.70. The zero-order valence-corrected chi connectivity index (χ0v) is 11.6. The molecule has 1 aliphatic carbocycles. The molecule has 1 N–H and O–H groups in total. The summed E-state index contributed by atoms with van der Waals surface area (Å²) >= 11 is 0. The Kier molecular flexibility index (Phi) is 3.57. The highest BCUT2D eigenvalue weighted by molar-refractivity contribution is 6.22. The minimum Gasteiger partial charge on any atom is -0.481 e. The normalized spacial score (nSPS) is 12.1. The van der Waals surface area contributed by atoms with Gasteiger partial charge < -0.3 is 5.11 Å². The maximum atomic E-state index is 12.4. The van der Waals surface area contributed by atoms with Gasteiger partial charge in [0, 0.05) is 17.5 Å². The van der Waals surface area contributed by atoms with E-state index < -0.39 is 5.97 Å². The smallest absolute Gasteiger partial charge is 0.303 e. The van der Waals surface area contributed by atoms with Crippen molar-refractivity contribution in [1.82, 2.24) is 0 Å². The van der Waals surface area contributed by atoms with E-state index in [1.54, 1.807) is 0 Å². The Morgan fingerprint density at radius 1 is 0.905 bits per heavy atom. The number of fused-ring (bicyclic) bond motifs is 3.